The molecule has 0 atom stereocenters. The summed E-state index contributed by atoms with van der Waals surface area (Å²) in [7, 11) is -3.48. The van der Waals surface area contributed by atoms with Crippen LogP contribution in [0, 0.1) is 0 Å². The Balaban J connectivity index is 1.65. The molecule has 0 aromatic heterocycles. The molecular formula is C26H31N3O3S. The number of anilines is 2. The molecule has 3 aromatic rings. The summed E-state index contributed by atoms with van der Waals surface area (Å²) in [5.74, 6) is -0.205. The summed E-state index contributed by atoms with van der Waals surface area (Å²) in [6, 6.07) is 24.2. The van der Waals surface area contributed by atoms with Crippen LogP contribution in [0.25, 0.3) is 0 Å². The number of carbonyl (C=O) groups is 1. The van der Waals surface area contributed by atoms with Crippen molar-refractivity contribution in [3.05, 3.63) is 95.6 Å². The highest BCUT2D eigenvalue weighted by Gasteiger charge is 2.18. The van der Waals surface area contributed by atoms with E-state index in [0.717, 1.165) is 29.9 Å². The maximum Gasteiger partial charge on any atom is 0.251 e. The fraction of sp³-hybridized carbons (Fsp3) is 0.269. The van der Waals surface area contributed by atoms with E-state index in [1.54, 1.807) is 24.3 Å². The quantitative estimate of drug-likeness (QED) is 0.481. The van der Waals surface area contributed by atoms with E-state index in [9.17, 15) is 13.2 Å². The van der Waals surface area contributed by atoms with Gasteiger partial charge in [-0.1, -0.05) is 42.5 Å². The molecule has 3 rings (SSSR count). The summed E-state index contributed by atoms with van der Waals surface area (Å²) in [5, 5.41) is 2.93. The van der Waals surface area contributed by atoms with Crippen molar-refractivity contribution in [3.8, 4) is 0 Å². The van der Waals surface area contributed by atoms with Crippen LogP contribution in [0.3, 0.4) is 0 Å². The van der Waals surface area contributed by atoms with Gasteiger partial charge < -0.3 is 10.2 Å². The summed E-state index contributed by atoms with van der Waals surface area (Å²) in [6.45, 7) is 6.80. The van der Waals surface area contributed by atoms with E-state index in [2.05, 4.69) is 36.2 Å². The van der Waals surface area contributed by atoms with Crippen LogP contribution in [0.15, 0.2) is 78.9 Å². The predicted molar refractivity (Wildman–Crippen MR) is 135 cm³/mol. The number of nitrogens with one attached hydrogen (secondary N) is 1. The molecule has 1 amide bonds. The van der Waals surface area contributed by atoms with E-state index >= 15 is 0 Å². The standard InChI is InChI=1S/C26H31N3O3S/c1-4-28(5-2)24-15-11-21(12-16-24)19-27-26(30)23-13-17-25(18-14-23)29(33(3,31)32)20-22-9-7-6-8-10-22/h6-18H,4-5,19-20H2,1-3H3,(H,27,30). The molecule has 33 heavy (non-hydrogen) atoms. The molecule has 0 bridgehead atoms. The molecule has 0 spiro atoms. The van der Waals surface area contributed by atoms with E-state index in [1.165, 1.54) is 10.6 Å². The zero-order valence-corrected chi connectivity index (χ0v) is 20.2. The fourth-order valence-electron chi connectivity index (χ4n) is 3.63. The first-order valence-corrected chi connectivity index (χ1v) is 12.9. The highest BCUT2D eigenvalue weighted by Crippen LogP contribution is 2.21. The summed E-state index contributed by atoms with van der Waals surface area (Å²) in [5.41, 5.74) is 4.06. The second-order valence-corrected chi connectivity index (χ2v) is 9.73. The van der Waals surface area contributed by atoms with Gasteiger partial charge in [-0.15, -0.1) is 0 Å². The minimum Gasteiger partial charge on any atom is -0.372 e. The van der Waals surface area contributed by atoms with Crippen molar-refractivity contribution < 1.29 is 13.2 Å². The Hall–Kier alpha value is -3.32. The van der Waals surface area contributed by atoms with Gasteiger partial charge in [-0.2, -0.15) is 0 Å². The van der Waals surface area contributed by atoms with E-state index < -0.39 is 10.0 Å². The van der Waals surface area contributed by atoms with E-state index in [0.29, 0.717) is 17.8 Å². The Morgan fingerprint density at radius 2 is 1.36 bits per heavy atom. The number of nitrogens with zero attached hydrogens (tertiary/aromatic N) is 2. The first kappa shape index (κ1) is 24.3. The maximum atomic E-state index is 12.6. The highest BCUT2D eigenvalue weighted by molar-refractivity contribution is 7.92. The van der Waals surface area contributed by atoms with Gasteiger partial charge in [-0.3, -0.25) is 9.10 Å². The van der Waals surface area contributed by atoms with Gasteiger partial charge in [0.1, 0.15) is 0 Å². The minimum atomic E-state index is -3.48. The van der Waals surface area contributed by atoms with Crippen LogP contribution in [0.1, 0.15) is 35.3 Å². The topological polar surface area (TPSA) is 69.7 Å². The lowest BCUT2D eigenvalue weighted by Crippen LogP contribution is -2.29. The van der Waals surface area contributed by atoms with Gasteiger partial charge >= 0.3 is 0 Å². The highest BCUT2D eigenvalue weighted by atomic mass is 32.2. The van der Waals surface area contributed by atoms with Crippen LogP contribution < -0.4 is 14.5 Å². The third-order valence-electron chi connectivity index (χ3n) is 5.50. The van der Waals surface area contributed by atoms with Crippen molar-refractivity contribution >= 4 is 27.3 Å². The average molecular weight is 466 g/mol. The Kier molecular flexibility index (Phi) is 8.11. The Labute approximate surface area is 196 Å². The molecule has 0 saturated heterocycles. The SMILES string of the molecule is CCN(CC)c1ccc(CNC(=O)c2ccc(N(Cc3ccccc3)S(C)(=O)=O)cc2)cc1. The van der Waals surface area contributed by atoms with Crippen LogP contribution in [-0.4, -0.2) is 33.7 Å². The molecule has 0 saturated carbocycles. The molecule has 0 radical (unpaired) electrons. The Bertz CT molecular complexity index is 1140. The van der Waals surface area contributed by atoms with Crippen molar-refractivity contribution in [1.82, 2.24) is 5.32 Å². The van der Waals surface area contributed by atoms with Gasteiger partial charge in [0.15, 0.2) is 0 Å². The third-order valence-corrected chi connectivity index (χ3v) is 6.65. The van der Waals surface area contributed by atoms with Crippen LogP contribution in [0.4, 0.5) is 11.4 Å². The molecule has 0 unspecified atom stereocenters. The molecule has 174 valence electrons. The molecule has 0 aliphatic rings. The average Bonchev–Trinajstić information content (AvgIpc) is 2.83. The van der Waals surface area contributed by atoms with Crippen LogP contribution in [-0.2, 0) is 23.1 Å². The van der Waals surface area contributed by atoms with Gasteiger partial charge in [0, 0.05) is 30.9 Å². The third kappa shape index (κ3) is 6.58. The second kappa shape index (κ2) is 11.0. The molecule has 3 aromatic carbocycles. The first-order chi connectivity index (χ1) is 15.8. The maximum absolute atomic E-state index is 12.6. The zero-order valence-electron chi connectivity index (χ0n) is 19.4. The number of sulfonamides is 1. The number of benzene rings is 3. The molecule has 6 nitrogen and oxygen atoms in total. The number of hydrogen-bond acceptors (Lipinski definition) is 4. The monoisotopic (exact) mass is 465 g/mol. The predicted octanol–water partition coefficient (Wildman–Crippen LogP) is 4.43. The normalized spacial score (nSPS) is 11.1. The minimum absolute atomic E-state index is 0.205. The van der Waals surface area contributed by atoms with Crippen LogP contribution >= 0.6 is 0 Å². The number of amides is 1. The van der Waals surface area contributed by atoms with Crippen molar-refractivity contribution in [2.24, 2.45) is 0 Å². The first-order valence-electron chi connectivity index (χ1n) is 11.1. The van der Waals surface area contributed by atoms with Gasteiger partial charge in [0.05, 0.1) is 18.5 Å². The largest absolute Gasteiger partial charge is 0.372 e. The van der Waals surface area contributed by atoms with Crippen molar-refractivity contribution in [2.45, 2.75) is 26.9 Å². The van der Waals surface area contributed by atoms with Crippen molar-refractivity contribution in [2.75, 3.05) is 28.6 Å². The molecule has 0 aliphatic carbocycles. The van der Waals surface area contributed by atoms with Crippen molar-refractivity contribution in [3.63, 3.8) is 0 Å². The fourth-order valence-corrected chi connectivity index (χ4v) is 4.51. The van der Waals surface area contributed by atoms with Gasteiger partial charge in [-0.05, 0) is 61.4 Å². The summed E-state index contributed by atoms with van der Waals surface area (Å²) >= 11 is 0. The Morgan fingerprint density at radius 3 is 1.91 bits per heavy atom. The van der Waals surface area contributed by atoms with Gasteiger partial charge in [-0.25, -0.2) is 8.42 Å². The molecule has 0 aliphatic heterocycles. The summed E-state index contributed by atoms with van der Waals surface area (Å²) < 4.78 is 26.1. The number of rotatable bonds is 10. The lowest BCUT2D eigenvalue weighted by atomic mass is 10.1. The summed E-state index contributed by atoms with van der Waals surface area (Å²) in [6.07, 6.45) is 1.18. The van der Waals surface area contributed by atoms with Crippen LogP contribution in [0.5, 0.6) is 0 Å². The van der Waals surface area contributed by atoms with Crippen LogP contribution in [0.2, 0.25) is 0 Å². The molecule has 7 heteroatoms. The Morgan fingerprint density at radius 1 is 0.788 bits per heavy atom. The molecular weight excluding hydrogens is 434 g/mol. The lowest BCUT2D eigenvalue weighted by Gasteiger charge is -2.22. The van der Waals surface area contributed by atoms with E-state index in [4.69, 9.17) is 0 Å². The van der Waals surface area contributed by atoms with E-state index in [-0.39, 0.29) is 12.5 Å². The van der Waals surface area contributed by atoms with Gasteiger partial charge in [0.25, 0.3) is 5.91 Å². The smallest absolute Gasteiger partial charge is 0.251 e. The summed E-state index contributed by atoms with van der Waals surface area (Å²) in [4.78, 5) is 14.9. The van der Waals surface area contributed by atoms with E-state index in [1.807, 2.05) is 42.5 Å². The lowest BCUT2D eigenvalue weighted by molar-refractivity contribution is 0.0951. The molecule has 0 fully saturated rings. The second-order valence-electron chi connectivity index (χ2n) is 7.82. The number of carbonyl (C=O) groups excluding carboxylic acids is 1. The van der Waals surface area contributed by atoms with Crippen molar-refractivity contribution in [1.29, 1.82) is 0 Å². The van der Waals surface area contributed by atoms with Gasteiger partial charge in [0.2, 0.25) is 10.0 Å². The number of hydrogen-bond donors (Lipinski definition) is 1. The zero-order chi connectivity index (χ0) is 23.8. The molecule has 0 heterocycles. The molecule has 1 N–H and O–H groups in total.